The first-order valence-electron chi connectivity index (χ1n) is 6.46. The van der Waals surface area contributed by atoms with Crippen molar-refractivity contribution in [1.82, 2.24) is 10.6 Å². The Morgan fingerprint density at radius 1 is 1.31 bits per heavy atom. The van der Waals surface area contributed by atoms with E-state index in [9.17, 15) is 9.90 Å². The second-order valence-corrected chi connectivity index (χ2v) is 5.01. The molecular formula is C12H22N2O2. The molecule has 4 nitrogen and oxygen atoms in total. The van der Waals surface area contributed by atoms with Gasteiger partial charge in [-0.2, -0.15) is 0 Å². The summed E-state index contributed by atoms with van der Waals surface area (Å²) in [6.07, 6.45) is 6.30. The standard InChI is InChI=1S/C12H22N2O2/c15-11(9-4-1-2-5-9)8-14-12(16)10-6-3-7-13-10/h9-11,13,15H,1-8H2,(H,14,16). The van der Waals surface area contributed by atoms with Crippen LogP contribution in [-0.2, 0) is 4.79 Å². The van der Waals surface area contributed by atoms with Crippen molar-refractivity contribution in [2.75, 3.05) is 13.1 Å². The monoisotopic (exact) mass is 226 g/mol. The predicted octanol–water partition coefficient (Wildman–Crippen LogP) is 0.406. The predicted molar refractivity (Wildman–Crippen MR) is 62.0 cm³/mol. The molecular weight excluding hydrogens is 204 g/mol. The van der Waals surface area contributed by atoms with Gasteiger partial charge in [0.1, 0.15) is 0 Å². The summed E-state index contributed by atoms with van der Waals surface area (Å²) in [6.45, 7) is 1.35. The Balaban J connectivity index is 1.67. The number of carbonyl (C=O) groups is 1. The van der Waals surface area contributed by atoms with E-state index in [-0.39, 0.29) is 18.1 Å². The van der Waals surface area contributed by atoms with Crippen LogP contribution in [0.25, 0.3) is 0 Å². The highest BCUT2D eigenvalue weighted by molar-refractivity contribution is 5.81. The number of aliphatic hydroxyl groups is 1. The van der Waals surface area contributed by atoms with Crippen LogP contribution in [0.15, 0.2) is 0 Å². The van der Waals surface area contributed by atoms with Crippen molar-refractivity contribution in [3.05, 3.63) is 0 Å². The van der Waals surface area contributed by atoms with Gasteiger partial charge in [-0.15, -0.1) is 0 Å². The SMILES string of the molecule is O=C(NCC(O)C1CCCC1)C1CCCN1. The number of hydrogen-bond donors (Lipinski definition) is 3. The Labute approximate surface area is 96.8 Å². The zero-order chi connectivity index (χ0) is 11.4. The molecule has 1 saturated heterocycles. The van der Waals surface area contributed by atoms with E-state index < -0.39 is 0 Å². The van der Waals surface area contributed by atoms with E-state index in [4.69, 9.17) is 0 Å². The molecule has 0 aromatic rings. The Hall–Kier alpha value is -0.610. The van der Waals surface area contributed by atoms with Gasteiger partial charge >= 0.3 is 0 Å². The van der Waals surface area contributed by atoms with Crippen molar-refractivity contribution in [3.63, 3.8) is 0 Å². The van der Waals surface area contributed by atoms with Gasteiger partial charge in [-0.3, -0.25) is 4.79 Å². The molecule has 1 saturated carbocycles. The third kappa shape index (κ3) is 2.95. The Morgan fingerprint density at radius 2 is 2.06 bits per heavy atom. The van der Waals surface area contributed by atoms with Crippen molar-refractivity contribution >= 4 is 5.91 Å². The highest BCUT2D eigenvalue weighted by Crippen LogP contribution is 2.27. The smallest absolute Gasteiger partial charge is 0.237 e. The maximum Gasteiger partial charge on any atom is 0.237 e. The fraction of sp³-hybridized carbons (Fsp3) is 0.917. The molecule has 0 aromatic heterocycles. The minimum atomic E-state index is -0.354. The molecule has 2 atom stereocenters. The Bertz CT molecular complexity index is 233. The van der Waals surface area contributed by atoms with Gasteiger partial charge in [0.25, 0.3) is 0 Å². The molecule has 0 bridgehead atoms. The average molecular weight is 226 g/mol. The molecule has 92 valence electrons. The minimum Gasteiger partial charge on any atom is -0.391 e. The summed E-state index contributed by atoms with van der Waals surface area (Å²) in [4.78, 5) is 11.7. The molecule has 16 heavy (non-hydrogen) atoms. The van der Waals surface area contributed by atoms with E-state index in [2.05, 4.69) is 10.6 Å². The van der Waals surface area contributed by atoms with E-state index in [1.54, 1.807) is 0 Å². The number of hydrogen-bond acceptors (Lipinski definition) is 3. The number of carbonyl (C=O) groups excluding carboxylic acids is 1. The third-order valence-electron chi connectivity index (χ3n) is 3.81. The molecule has 0 spiro atoms. The van der Waals surface area contributed by atoms with Crippen molar-refractivity contribution < 1.29 is 9.90 Å². The maximum absolute atomic E-state index is 11.7. The first kappa shape index (κ1) is 11.9. The highest BCUT2D eigenvalue weighted by Gasteiger charge is 2.26. The van der Waals surface area contributed by atoms with Crippen LogP contribution in [0.4, 0.5) is 0 Å². The molecule has 1 heterocycles. The van der Waals surface area contributed by atoms with Gasteiger partial charge in [0.05, 0.1) is 12.1 Å². The lowest BCUT2D eigenvalue weighted by atomic mass is 10.0. The van der Waals surface area contributed by atoms with Gasteiger partial charge in [-0.1, -0.05) is 12.8 Å². The highest BCUT2D eigenvalue weighted by atomic mass is 16.3. The molecule has 1 aliphatic heterocycles. The molecule has 2 unspecified atom stereocenters. The first-order valence-corrected chi connectivity index (χ1v) is 6.46. The van der Waals surface area contributed by atoms with E-state index >= 15 is 0 Å². The minimum absolute atomic E-state index is 0.0317. The molecule has 0 radical (unpaired) electrons. The van der Waals surface area contributed by atoms with Crippen LogP contribution >= 0.6 is 0 Å². The quantitative estimate of drug-likeness (QED) is 0.650. The van der Waals surface area contributed by atoms with Crippen molar-refractivity contribution in [2.45, 2.75) is 50.7 Å². The molecule has 1 aliphatic carbocycles. The molecule has 4 heteroatoms. The summed E-state index contributed by atoms with van der Waals surface area (Å²) in [7, 11) is 0. The lowest BCUT2D eigenvalue weighted by molar-refractivity contribution is -0.123. The number of aliphatic hydroxyl groups excluding tert-OH is 1. The van der Waals surface area contributed by atoms with Crippen LogP contribution < -0.4 is 10.6 Å². The van der Waals surface area contributed by atoms with Gasteiger partial charge in [-0.25, -0.2) is 0 Å². The van der Waals surface area contributed by atoms with E-state index in [1.165, 1.54) is 12.8 Å². The first-order chi connectivity index (χ1) is 7.77. The topological polar surface area (TPSA) is 61.4 Å². The maximum atomic E-state index is 11.7. The van der Waals surface area contributed by atoms with Crippen LogP contribution in [0.3, 0.4) is 0 Å². The van der Waals surface area contributed by atoms with Gasteiger partial charge in [0.2, 0.25) is 5.91 Å². The fourth-order valence-electron chi connectivity index (χ4n) is 2.75. The van der Waals surface area contributed by atoms with Crippen LogP contribution in [0.2, 0.25) is 0 Å². The van der Waals surface area contributed by atoms with Gasteiger partial charge in [-0.05, 0) is 38.1 Å². The zero-order valence-corrected chi connectivity index (χ0v) is 9.74. The van der Waals surface area contributed by atoms with Crippen molar-refractivity contribution in [1.29, 1.82) is 0 Å². The lowest BCUT2D eigenvalue weighted by Gasteiger charge is -2.19. The van der Waals surface area contributed by atoms with E-state index in [0.717, 1.165) is 32.2 Å². The molecule has 2 rings (SSSR count). The van der Waals surface area contributed by atoms with Crippen LogP contribution in [0, 0.1) is 5.92 Å². The number of nitrogens with one attached hydrogen (secondary N) is 2. The van der Waals surface area contributed by atoms with Crippen LogP contribution in [-0.4, -0.2) is 36.2 Å². The second-order valence-electron chi connectivity index (χ2n) is 5.01. The third-order valence-corrected chi connectivity index (χ3v) is 3.81. The summed E-state index contributed by atoms with van der Waals surface area (Å²) in [5, 5.41) is 15.9. The Kier molecular flexibility index (Phi) is 4.18. The molecule has 2 aliphatic rings. The summed E-state index contributed by atoms with van der Waals surface area (Å²) in [5.74, 6) is 0.450. The van der Waals surface area contributed by atoms with Crippen LogP contribution in [0.5, 0.6) is 0 Å². The molecule has 0 aromatic carbocycles. The molecule has 1 amide bonds. The van der Waals surface area contributed by atoms with Crippen molar-refractivity contribution in [3.8, 4) is 0 Å². The van der Waals surface area contributed by atoms with Gasteiger partial charge in [0.15, 0.2) is 0 Å². The lowest BCUT2D eigenvalue weighted by Crippen LogP contribution is -2.44. The fourth-order valence-corrected chi connectivity index (χ4v) is 2.75. The van der Waals surface area contributed by atoms with Crippen molar-refractivity contribution in [2.24, 2.45) is 5.92 Å². The zero-order valence-electron chi connectivity index (χ0n) is 9.74. The summed E-state index contributed by atoms with van der Waals surface area (Å²) >= 11 is 0. The second kappa shape index (κ2) is 5.64. The Morgan fingerprint density at radius 3 is 2.69 bits per heavy atom. The molecule has 2 fully saturated rings. The number of amides is 1. The van der Waals surface area contributed by atoms with E-state index in [1.807, 2.05) is 0 Å². The number of rotatable bonds is 4. The molecule has 3 N–H and O–H groups in total. The van der Waals surface area contributed by atoms with Crippen LogP contribution in [0.1, 0.15) is 38.5 Å². The van der Waals surface area contributed by atoms with E-state index in [0.29, 0.717) is 12.5 Å². The average Bonchev–Trinajstić information content (AvgIpc) is 2.95. The van der Waals surface area contributed by atoms with Gasteiger partial charge in [0, 0.05) is 6.54 Å². The summed E-state index contributed by atoms with van der Waals surface area (Å²) < 4.78 is 0. The summed E-state index contributed by atoms with van der Waals surface area (Å²) in [6, 6.07) is -0.0317. The normalized spacial score (nSPS) is 28.2. The summed E-state index contributed by atoms with van der Waals surface area (Å²) in [5.41, 5.74) is 0. The largest absolute Gasteiger partial charge is 0.391 e. The van der Waals surface area contributed by atoms with Gasteiger partial charge < -0.3 is 15.7 Å².